The SMILES string of the molecule is Cc1oc2ncnc(NC3(C)CC3)c2c1C(=O)NC1CCN(c2ccccn2)CC1. The normalized spacial score (nSPS) is 18.4. The van der Waals surface area contributed by atoms with E-state index in [1.165, 1.54) is 6.33 Å². The minimum Gasteiger partial charge on any atom is -0.442 e. The summed E-state index contributed by atoms with van der Waals surface area (Å²) in [5.41, 5.74) is 1.02. The summed E-state index contributed by atoms with van der Waals surface area (Å²) in [6.45, 7) is 5.69. The van der Waals surface area contributed by atoms with E-state index in [0.717, 1.165) is 44.6 Å². The lowest BCUT2D eigenvalue weighted by Gasteiger charge is -2.33. The largest absolute Gasteiger partial charge is 0.442 e. The second-order valence-electron chi connectivity index (χ2n) is 8.54. The maximum absolute atomic E-state index is 13.2. The summed E-state index contributed by atoms with van der Waals surface area (Å²) < 4.78 is 5.79. The van der Waals surface area contributed by atoms with Gasteiger partial charge in [0.05, 0.1) is 10.9 Å². The molecular formula is C22H26N6O2. The molecule has 30 heavy (non-hydrogen) atoms. The summed E-state index contributed by atoms with van der Waals surface area (Å²) >= 11 is 0. The number of carbonyl (C=O) groups excluding carboxylic acids is 1. The Kier molecular flexibility index (Phi) is 4.56. The fourth-order valence-electron chi connectivity index (χ4n) is 4.06. The first-order valence-corrected chi connectivity index (χ1v) is 10.5. The molecule has 4 heterocycles. The van der Waals surface area contributed by atoms with Gasteiger partial charge in [-0.25, -0.2) is 15.0 Å². The quantitative estimate of drug-likeness (QED) is 0.671. The number of amides is 1. The molecule has 2 fully saturated rings. The van der Waals surface area contributed by atoms with Gasteiger partial charge < -0.3 is 20.0 Å². The third kappa shape index (κ3) is 3.58. The summed E-state index contributed by atoms with van der Waals surface area (Å²) in [6.07, 6.45) is 7.21. The lowest BCUT2D eigenvalue weighted by molar-refractivity contribution is 0.0931. The zero-order chi connectivity index (χ0) is 20.7. The fourth-order valence-corrected chi connectivity index (χ4v) is 4.06. The molecule has 8 nitrogen and oxygen atoms in total. The number of aryl methyl sites for hydroxylation is 1. The summed E-state index contributed by atoms with van der Waals surface area (Å²) in [4.78, 5) is 28.5. The number of hydrogen-bond donors (Lipinski definition) is 2. The smallest absolute Gasteiger partial charge is 0.255 e. The van der Waals surface area contributed by atoms with Gasteiger partial charge in [0.2, 0.25) is 5.71 Å². The van der Waals surface area contributed by atoms with Crippen LogP contribution >= 0.6 is 0 Å². The number of hydrogen-bond acceptors (Lipinski definition) is 7. The lowest BCUT2D eigenvalue weighted by Crippen LogP contribution is -2.45. The van der Waals surface area contributed by atoms with Crippen LogP contribution in [0.3, 0.4) is 0 Å². The molecule has 1 aliphatic carbocycles. The molecule has 0 aromatic carbocycles. The molecule has 1 aliphatic heterocycles. The average Bonchev–Trinajstić information content (AvgIpc) is 3.37. The fraction of sp³-hybridized carbons (Fsp3) is 0.455. The van der Waals surface area contributed by atoms with Gasteiger partial charge in [0.25, 0.3) is 5.91 Å². The first-order valence-electron chi connectivity index (χ1n) is 10.5. The second-order valence-corrected chi connectivity index (χ2v) is 8.54. The van der Waals surface area contributed by atoms with E-state index < -0.39 is 0 Å². The Morgan fingerprint density at radius 1 is 1.20 bits per heavy atom. The summed E-state index contributed by atoms with van der Waals surface area (Å²) in [5, 5.41) is 7.34. The van der Waals surface area contributed by atoms with Gasteiger partial charge in [0.15, 0.2) is 0 Å². The van der Waals surface area contributed by atoms with E-state index in [2.05, 4.69) is 37.4 Å². The minimum absolute atomic E-state index is 0.0402. The van der Waals surface area contributed by atoms with E-state index in [1.807, 2.05) is 31.3 Å². The molecule has 3 aromatic rings. The minimum atomic E-state index is -0.124. The number of aromatic nitrogens is 3. The Balaban J connectivity index is 1.32. The van der Waals surface area contributed by atoms with Crippen LogP contribution in [-0.2, 0) is 0 Å². The lowest BCUT2D eigenvalue weighted by atomic mass is 10.0. The third-order valence-corrected chi connectivity index (χ3v) is 6.12. The molecule has 0 unspecified atom stereocenters. The van der Waals surface area contributed by atoms with Crippen molar-refractivity contribution in [1.82, 2.24) is 20.3 Å². The van der Waals surface area contributed by atoms with Gasteiger partial charge in [-0.3, -0.25) is 4.79 Å². The zero-order valence-electron chi connectivity index (χ0n) is 17.3. The molecule has 156 valence electrons. The van der Waals surface area contributed by atoms with Crippen molar-refractivity contribution in [2.24, 2.45) is 0 Å². The van der Waals surface area contributed by atoms with E-state index in [-0.39, 0.29) is 17.5 Å². The number of carbonyl (C=O) groups is 1. The van der Waals surface area contributed by atoms with Gasteiger partial charge in [-0.2, -0.15) is 0 Å². The highest BCUT2D eigenvalue weighted by Gasteiger charge is 2.38. The summed E-state index contributed by atoms with van der Waals surface area (Å²) in [7, 11) is 0. The molecule has 5 rings (SSSR count). The molecule has 3 aromatic heterocycles. The number of furan rings is 1. The molecule has 8 heteroatoms. The van der Waals surface area contributed by atoms with Gasteiger partial charge in [0.1, 0.15) is 23.7 Å². The van der Waals surface area contributed by atoms with Gasteiger partial charge >= 0.3 is 0 Å². The van der Waals surface area contributed by atoms with Crippen molar-refractivity contribution in [3.8, 4) is 0 Å². The highest BCUT2D eigenvalue weighted by atomic mass is 16.3. The van der Waals surface area contributed by atoms with Gasteiger partial charge in [0, 0.05) is 30.9 Å². The van der Waals surface area contributed by atoms with Crippen LogP contribution in [0.15, 0.2) is 35.1 Å². The van der Waals surface area contributed by atoms with Crippen molar-refractivity contribution in [2.75, 3.05) is 23.3 Å². The highest BCUT2D eigenvalue weighted by Crippen LogP contribution is 2.40. The number of nitrogens with zero attached hydrogens (tertiary/aromatic N) is 4. The number of fused-ring (bicyclic) bond motifs is 1. The number of piperidine rings is 1. The average molecular weight is 406 g/mol. The molecule has 1 saturated carbocycles. The van der Waals surface area contributed by atoms with Crippen LogP contribution in [0.4, 0.5) is 11.6 Å². The number of pyridine rings is 1. The maximum atomic E-state index is 13.2. The maximum Gasteiger partial charge on any atom is 0.255 e. The first kappa shape index (κ1) is 18.8. The molecule has 0 atom stereocenters. The third-order valence-electron chi connectivity index (χ3n) is 6.12. The van der Waals surface area contributed by atoms with Gasteiger partial charge in [-0.1, -0.05) is 6.07 Å². The first-order chi connectivity index (χ1) is 14.5. The van der Waals surface area contributed by atoms with Crippen LogP contribution in [0.5, 0.6) is 0 Å². The molecule has 1 amide bonds. The van der Waals surface area contributed by atoms with Crippen molar-refractivity contribution in [1.29, 1.82) is 0 Å². The number of nitrogens with one attached hydrogen (secondary N) is 2. The van der Waals surface area contributed by atoms with E-state index in [0.29, 0.717) is 28.2 Å². The highest BCUT2D eigenvalue weighted by molar-refractivity contribution is 6.10. The van der Waals surface area contributed by atoms with Crippen molar-refractivity contribution in [3.05, 3.63) is 42.0 Å². The van der Waals surface area contributed by atoms with E-state index in [9.17, 15) is 4.79 Å². The molecule has 2 N–H and O–H groups in total. The van der Waals surface area contributed by atoms with E-state index in [4.69, 9.17) is 4.42 Å². The van der Waals surface area contributed by atoms with Crippen molar-refractivity contribution >= 4 is 28.6 Å². The molecule has 0 spiro atoms. The van der Waals surface area contributed by atoms with Crippen LogP contribution in [0.1, 0.15) is 48.7 Å². The van der Waals surface area contributed by atoms with Crippen LogP contribution in [-0.4, -0.2) is 45.5 Å². The van der Waals surface area contributed by atoms with Crippen molar-refractivity contribution in [2.45, 2.75) is 51.1 Å². The van der Waals surface area contributed by atoms with Gasteiger partial charge in [-0.05, 0) is 51.7 Å². The summed E-state index contributed by atoms with van der Waals surface area (Å²) in [6, 6.07) is 6.06. The number of anilines is 2. The molecule has 2 aliphatic rings. The topological polar surface area (TPSA) is 96.2 Å². The Morgan fingerprint density at radius 2 is 2.00 bits per heavy atom. The van der Waals surface area contributed by atoms with E-state index >= 15 is 0 Å². The Morgan fingerprint density at radius 3 is 2.70 bits per heavy atom. The van der Waals surface area contributed by atoms with Crippen LogP contribution in [0.25, 0.3) is 11.1 Å². The zero-order valence-corrected chi connectivity index (χ0v) is 17.3. The monoisotopic (exact) mass is 406 g/mol. The second kappa shape index (κ2) is 7.27. The van der Waals surface area contributed by atoms with Crippen LogP contribution < -0.4 is 15.5 Å². The van der Waals surface area contributed by atoms with E-state index in [1.54, 1.807) is 0 Å². The Bertz CT molecular complexity index is 1070. The molecular weight excluding hydrogens is 380 g/mol. The van der Waals surface area contributed by atoms with Crippen LogP contribution in [0.2, 0.25) is 0 Å². The molecule has 1 saturated heterocycles. The predicted octanol–water partition coefficient (Wildman–Crippen LogP) is 3.29. The van der Waals surface area contributed by atoms with Crippen molar-refractivity contribution < 1.29 is 9.21 Å². The standard InChI is InChI=1S/C22H26N6O2/c1-14-17(18-19(27-22(2)8-9-22)24-13-25-21(18)30-14)20(29)26-15-6-11-28(12-7-15)16-5-3-4-10-23-16/h3-5,10,13,15H,6-9,11-12H2,1-2H3,(H,26,29)(H,24,25,27). The number of rotatable bonds is 5. The molecule has 0 bridgehead atoms. The van der Waals surface area contributed by atoms with Crippen LogP contribution in [0, 0.1) is 6.92 Å². The summed E-state index contributed by atoms with van der Waals surface area (Å²) in [5.74, 6) is 2.10. The Hall–Kier alpha value is -3.16. The predicted molar refractivity (Wildman–Crippen MR) is 115 cm³/mol. The Labute approximate surface area is 175 Å². The van der Waals surface area contributed by atoms with Gasteiger partial charge in [-0.15, -0.1) is 0 Å². The van der Waals surface area contributed by atoms with Crippen molar-refractivity contribution in [3.63, 3.8) is 0 Å². The molecule has 0 radical (unpaired) electrons.